The summed E-state index contributed by atoms with van der Waals surface area (Å²) in [6, 6.07) is 7.75. The van der Waals surface area contributed by atoms with E-state index in [2.05, 4.69) is 39.0 Å². The molecule has 0 aliphatic heterocycles. The first-order chi connectivity index (χ1) is 8.47. The van der Waals surface area contributed by atoms with Gasteiger partial charge in [0, 0.05) is 13.2 Å². The van der Waals surface area contributed by atoms with Crippen LogP contribution in [0.4, 0.5) is 0 Å². The second-order valence-electron chi connectivity index (χ2n) is 5.44. The summed E-state index contributed by atoms with van der Waals surface area (Å²) in [5.41, 5.74) is 3.67. The van der Waals surface area contributed by atoms with Gasteiger partial charge in [-0.05, 0) is 42.0 Å². The minimum absolute atomic E-state index is 0.136. The maximum Gasteiger partial charge on any atom is 0.0722 e. The van der Waals surface area contributed by atoms with Crippen molar-refractivity contribution in [2.45, 2.75) is 53.2 Å². The lowest BCUT2D eigenvalue weighted by atomic mass is 9.85. The molecule has 0 saturated carbocycles. The second kappa shape index (κ2) is 6.91. The zero-order valence-corrected chi connectivity index (χ0v) is 12.3. The van der Waals surface area contributed by atoms with Crippen LogP contribution >= 0.6 is 0 Å². The van der Waals surface area contributed by atoms with Crippen molar-refractivity contribution in [1.29, 1.82) is 0 Å². The summed E-state index contributed by atoms with van der Waals surface area (Å²) in [4.78, 5) is 0. The zero-order chi connectivity index (χ0) is 13.6. The highest BCUT2D eigenvalue weighted by Crippen LogP contribution is 2.25. The van der Waals surface area contributed by atoms with E-state index in [9.17, 15) is 0 Å². The molecular formula is C16H25O2. The van der Waals surface area contributed by atoms with Crippen molar-refractivity contribution in [1.82, 2.24) is 0 Å². The Morgan fingerprint density at radius 3 is 1.72 bits per heavy atom. The molecule has 0 fully saturated rings. The van der Waals surface area contributed by atoms with Gasteiger partial charge in [-0.25, -0.2) is 0 Å². The number of hydrogen-bond acceptors (Lipinski definition) is 2. The molecule has 0 heterocycles. The normalized spacial score (nSPS) is 11.8. The molecule has 101 valence electrons. The quantitative estimate of drug-likeness (QED) is 0.762. The van der Waals surface area contributed by atoms with Crippen LogP contribution in [0.1, 0.15) is 51.3 Å². The van der Waals surface area contributed by atoms with Crippen molar-refractivity contribution < 1.29 is 9.47 Å². The molecule has 1 rings (SSSR count). The molecule has 1 aromatic rings. The summed E-state index contributed by atoms with van der Waals surface area (Å²) in [5.74, 6) is 0. The molecule has 1 radical (unpaired) electrons. The van der Waals surface area contributed by atoms with Crippen molar-refractivity contribution in [2.24, 2.45) is 0 Å². The maximum absolute atomic E-state index is 5.47. The van der Waals surface area contributed by atoms with E-state index in [-0.39, 0.29) is 5.41 Å². The predicted octanol–water partition coefficient (Wildman–Crippen LogP) is 3.86. The van der Waals surface area contributed by atoms with E-state index in [0.717, 1.165) is 24.3 Å². The van der Waals surface area contributed by atoms with E-state index in [0.29, 0.717) is 13.2 Å². The van der Waals surface area contributed by atoms with Gasteiger partial charge in [-0.3, -0.25) is 0 Å². The number of ether oxygens (including phenoxy) is 2. The van der Waals surface area contributed by atoms with Crippen LogP contribution in [0.15, 0.2) is 12.1 Å². The molecule has 2 heteroatoms. The monoisotopic (exact) mass is 249 g/mol. The molecule has 0 bridgehead atoms. The van der Waals surface area contributed by atoms with Crippen LogP contribution in [-0.4, -0.2) is 13.2 Å². The van der Waals surface area contributed by atoms with Crippen molar-refractivity contribution in [3.63, 3.8) is 0 Å². The van der Waals surface area contributed by atoms with Crippen LogP contribution in [0, 0.1) is 6.07 Å². The Morgan fingerprint density at radius 1 is 0.944 bits per heavy atom. The number of hydrogen-bond donors (Lipinski definition) is 0. The van der Waals surface area contributed by atoms with Gasteiger partial charge in [0.15, 0.2) is 0 Å². The Bertz CT molecular complexity index is 338. The van der Waals surface area contributed by atoms with Crippen molar-refractivity contribution >= 4 is 0 Å². The van der Waals surface area contributed by atoms with Crippen LogP contribution < -0.4 is 0 Å². The highest BCUT2D eigenvalue weighted by Gasteiger charge is 2.15. The van der Waals surface area contributed by atoms with Gasteiger partial charge < -0.3 is 9.47 Å². The van der Waals surface area contributed by atoms with Gasteiger partial charge in [0.05, 0.1) is 13.2 Å². The summed E-state index contributed by atoms with van der Waals surface area (Å²) >= 11 is 0. The molecule has 2 nitrogen and oxygen atoms in total. The molecule has 0 aliphatic rings. The minimum atomic E-state index is 0.136. The van der Waals surface area contributed by atoms with Crippen LogP contribution in [0.3, 0.4) is 0 Å². The summed E-state index contributed by atoms with van der Waals surface area (Å²) < 4.78 is 10.9. The lowest BCUT2D eigenvalue weighted by Crippen LogP contribution is -2.13. The van der Waals surface area contributed by atoms with Crippen LogP contribution in [0.2, 0.25) is 0 Å². The zero-order valence-electron chi connectivity index (χ0n) is 12.3. The van der Waals surface area contributed by atoms with E-state index in [1.54, 1.807) is 0 Å². The molecule has 0 unspecified atom stereocenters. The molecule has 0 spiro atoms. The lowest BCUT2D eigenvalue weighted by Gasteiger charge is -2.21. The molecule has 0 saturated heterocycles. The highest BCUT2D eigenvalue weighted by molar-refractivity contribution is 5.32. The van der Waals surface area contributed by atoms with Crippen molar-refractivity contribution in [3.05, 3.63) is 34.9 Å². The first-order valence-electron chi connectivity index (χ1n) is 6.68. The molecular weight excluding hydrogens is 224 g/mol. The fraction of sp³-hybridized carbons (Fsp3) is 0.625. The third-order valence-corrected chi connectivity index (χ3v) is 2.77. The molecule has 0 amide bonds. The molecule has 1 aromatic carbocycles. The highest BCUT2D eigenvalue weighted by atomic mass is 16.5. The van der Waals surface area contributed by atoms with E-state index in [1.165, 1.54) is 5.56 Å². The van der Waals surface area contributed by atoms with E-state index < -0.39 is 0 Å². The Hall–Kier alpha value is -0.860. The van der Waals surface area contributed by atoms with Gasteiger partial charge >= 0.3 is 0 Å². The fourth-order valence-corrected chi connectivity index (χ4v) is 1.71. The molecule has 0 atom stereocenters. The third kappa shape index (κ3) is 4.79. The molecule has 18 heavy (non-hydrogen) atoms. The fourth-order valence-electron chi connectivity index (χ4n) is 1.71. The number of benzene rings is 1. The Balaban J connectivity index is 2.96. The molecule has 0 aliphatic carbocycles. The Labute approximate surface area is 111 Å². The second-order valence-corrected chi connectivity index (χ2v) is 5.44. The maximum atomic E-state index is 5.47. The average Bonchev–Trinajstić information content (AvgIpc) is 2.32. The predicted molar refractivity (Wildman–Crippen MR) is 74.6 cm³/mol. The Kier molecular flexibility index (Phi) is 5.83. The first kappa shape index (κ1) is 15.2. The summed E-state index contributed by atoms with van der Waals surface area (Å²) in [5, 5.41) is 0. The van der Waals surface area contributed by atoms with Crippen molar-refractivity contribution in [2.75, 3.05) is 13.2 Å². The van der Waals surface area contributed by atoms with Gasteiger partial charge in [-0.1, -0.05) is 32.9 Å². The van der Waals surface area contributed by atoms with Gasteiger partial charge in [0.25, 0.3) is 0 Å². The summed E-state index contributed by atoms with van der Waals surface area (Å²) in [7, 11) is 0. The first-order valence-corrected chi connectivity index (χ1v) is 6.68. The standard InChI is InChI=1S/C16H25O2/c1-6-17-11-13-8-14(12-18-7-2)10-15(9-13)16(3,4)5/h9-10H,6-7,11-12H2,1-5H3. The molecule has 0 N–H and O–H groups in total. The lowest BCUT2D eigenvalue weighted by molar-refractivity contribution is 0.129. The Morgan fingerprint density at radius 2 is 1.39 bits per heavy atom. The van der Waals surface area contributed by atoms with Crippen LogP contribution in [-0.2, 0) is 28.1 Å². The van der Waals surface area contributed by atoms with Crippen LogP contribution in [0.25, 0.3) is 0 Å². The van der Waals surface area contributed by atoms with Gasteiger partial charge in [-0.2, -0.15) is 0 Å². The average molecular weight is 249 g/mol. The van der Waals surface area contributed by atoms with Crippen LogP contribution in [0.5, 0.6) is 0 Å². The topological polar surface area (TPSA) is 18.5 Å². The minimum Gasteiger partial charge on any atom is -0.377 e. The molecule has 0 aromatic heterocycles. The van der Waals surface area contributed by atoms with Gasteiger partial charge in [0.2, 0.25) is 0 Å². The summed E-state index contributed by atoms with van der Waals surface area (Å²) in [6.07, 6.45) is 0. The van der Waals surface area contributed by atoms with E-state index in [1.807, 2.05) is 13.8 Å². The van der Waals surface area contributed by atoms with E-state index in [4.69, 9.17) is 9.47 Å². The number of rotatable bonds is 6. The van der Waals surface area contributed by atoms with Crippen molar-refractivity contribution in [3.8, 4) is 0 Å². The third-order valence-electron chi connectivity index (χ3n) is 2.77. The van der Waals surface area contributed by atoms with Gasteiger partial charge in [-0.15, -0.1) is 0 Å². The summed E-state index contributed by atoms with van der Waals surface area (Å²) in [6.45, 7) is 13.4. The van der Waals surface area contributed by atoms with E-state index >= 15 is 0 Å². The van der Waals surface area contributed by atoms with Gasteiger partial charge in [0.1, 0.15) is 0 Å². The largest absolute Gasteiger partial charge is 0.377 e. The smallest absolute Gasteiger partial charge is 0.0722 e. The SMILES string of the molecule is CCOCc1[c]c(COCC)cc(C(C)(C)C)c1.